The number of halogens is 2. The molecule has 0 bridgehead atoms. The molecule has 2 heteroatoms. The molecule has 0 amide bonds. The van der Waals surface area contributed by atoms with Crippen LogP contribution in [-0.4, -0.2) is 5.88 Å². The molecule has 0 aromatic heterocycles. The van der Waals surface area contributed by atoms with Crippen LogP contribution in [0.2, 0.25) is 5.02 Å². The first-order valence-corrected chi connectivity index (χ1v) is 8.05. The molecule has 20 heavy (non-hydrogen) atoms. The Labute approximate surface area is 130 Å². The third-order valence-electron chi connectivity index (χ3n) is 4.31. The van der Waals surface area contributed by atoms with E-state index in [9.17, 15) is 0 Å². The third-order valence-corrected chi connectivity index (χ3v) is 5.08. The highest BCUT2D eigenvalue weighted by Crippen LogP contribution is 2.53. The van der Waals surface area contributed by atoms with Crippen molar-refractivity contribution in [1.82, 2.24) is 0 Å². The number of rotatable bonds is 5. The first-order chi connectivity index (χ1) is 9.79. The molecule has 0 N–H and O–H groups in total. The van der Waals surface area contributed by atoms with Gasteiger partial charge in [-0.3, -0.25) is 0 Å². The van der Waals surface area contributed by atoms with Gasteiger partial charge >= 0.3 is 0 Å². The Balaban J connectivity index is 1.69. The quantitative estimate of drug-likeness (QED) is 0.636. The smallest absolute Gasteiger partial charge is 0.0438 e. The van der Waals surface area contributed by atoms with Crippen LogP contribution in [0.1, 0.15) is 23.5 Å². The van der Waals surface area contributed by atoms with Gasteiger partial charge in [0.1, 0.15) is 0 Å². The summed E-state index contributed by atoms with van der Waals surface area (Å²) in [7, 11) is 0. The molecule has 2 aromatic rings. The van der Waals surface area contributed by atoms with Crippen molar-refractivity contribution in [2.45, 2.75) is 18.8 Å². The van der Waals surface area contributed by atoms with Gasteiger partial charge in [0.05, 0.1) is 0 Å². The Morgan fingerprint density at radius 1 is 1.00 bits per heavy atom. The van der Waals surface area contributed by atoms with Crippen molar-refractivity contribution in [3.05, 3.63) is 70.7 Å². The van der Waals surface area contributed by atoms with Gasteiger partial charge in [-0.25, -0.2) is 0 Å². The predicted octanol–water partition coefficient (Wildman–Crippen LogP) is 5.54. The van der Waals surface area contributed by atoms with Crippen molar-refractivity contribution in [1.29, 1.82) is 0 Å². The van der Waals surface area contributed by atoms with Gasteiger partial charge in [-0.1, -0.05) is 60.1 Å². The van der Waals surface area contributed by atoms with Crippen LogP contribution in [0.5, 0.6) is 0 Å². The standard InChI is InChI=1S/C18H18Cl2/c19-12-15(10-14-8-4-5-9-18(14)20)17-11-16(17)13-6-2-1-3-7-13/h1-9,15-17H,10-12H2. The predicted molar refractivity (Wildman–Crippen MR) is 86.7 cm³/mol. The molecular weight excluding hydrogens is 287 g/mol. The largest absolute Gasteiger partial charge is 0.126 e. The van der Waals surface area contributed by atoms with Crippen LogP contribution in [0.15, 0.2) is 54.6 Å². The van der Waals surface area contributed by atoms with Crippen LogP contribution in [0.25, 0.3) is 0 Å². The second-order valence-electron chi connectivity index (χ2n) is 5.63. The topological polar surface area (TPSA) is 0 Å². The minimum Gasteiger partial charge on any atom is -0.126 e. The monoisotopic (exact) mass is 304 g/mol. The summed E-state index contributed by atoms with van der Waals surface area (Å²) in [5, 5.41) is 0.861. The van der Waals surface area contributed by atoms with Crippen LogP contribution < -0.4 is 0 Å². The molecule has 0 saturated heterocycles. The molecule has 3 atom stereocenters. The summed E-state index contributed by atoms with van der Waals surface area (Å²) in [5.41, 5.74) is 2.67. The Morgan fingerprint density at radius 3 is 2.40 bits per heavy atom. The van der Waals surface area contributed by atoms with Crippen LogP contribution in [-0.2, 0) is 6.42 Å². The number of hydrogen-bond donors (Lipinski definition) is 0. The van der Waals surface area contributed by atoms with Crippen LogP contribution in [0.4, 0.5) is 0 Å². The van der Waals surface area contributed by atoms with E-state index < -0.39 is 0 Å². The first kappa shape index (κ1) is 14.0. The lowest BCUT2D eigenvalue weighted by Gasteiger charge is -2.15. The van der Waals surface area contributed by atoms with Gasteiger partial charge in [-0.15, -0.1) is 11.6 Å². The molecule has 0 heterocycles. The highest BCUT2D eigenvalue weighted by Gasteiger charge is 2.43. The molecular formula is C18H18Cl2. The lowest BCUT2D eigenvalue weighted by molar-refractivity contribution is 0.501. The fourth-order valence-electron chi connectivity index (χ4n) is 3.09. The Bertz CT molecular complexity index is 565. The molecule has 0 spiro atoms. The fraction of sp³-hybridized carbons (Fsp3) is 0.333. The molecule has 1 fully saturated rings. The van der Waals surface area contributed by atoms with Crippen LogP contribution in [0, 0.1) is 11.8 Å². The van der Waals surface area contributed by atoms with Gasteiger partial charge < -0.3 is 0 Å². The highest BCUT2D eigenvalue weighted by molar-refractivity contribution is 6.31. The lowest BCUT2D eigenvalue weighted by atomic mass is 9.94. The van der Waals surface area contributed by atoms with Crippen molar-refractivity contribution >= 4 is 23.2 Å². The summed E-state index contributed by atoms with van der Waals surface area (Å²) in [4.78, 5) is 0. The minimum absolute atomic E-state index is 0.516. The number of benzene rings is 2. The molecule has 3 unspecified atom stereocenters. The number of alkyl halides is 1. The molecule has 1 aliphatic carbocycles. The minimum atomic E-state index is 0.516. The van der Waals surface area contributed by atoms with Crippen molar-refractivity contribution < 1.29 is 0 Å². The van der Waals surface area contributed by atoms with E-state index in [1.807, 2.05) is 18.2 Å². The maximum Gasteiger partial charge on any atom is 0.0438 e. The van der Waals surface area contributed by atoms with E-state index in [2.05, 4.69) is 36.4 Å². The van der Waals surface area contributed by atoms with E-state index in [1.54, 1.807) is 0 Å². The molecule has 1 aliphatic rings. The molecule has 0 aliphatic heterocycles. The van der Waals surface area contributed by atoms with Gasteiger partial charge in [0.2, 0.25) is 0 Å². The van der Waals surface area contributed by atoms with E-state index >= 15 is 0 Å². The second kappa shape index (κ2) is 6.20. The van der Waals surface area contributed by atoms with E-state index in [0.29, 0.717) is 23.6 Å². The van der Waals surface area contributed by atoms with Gasteiger partial charge in [0, 0.05) is 10.9 Å². The van der Waals surface area contributed by atoms with Crippen molar-refractivity contribution in [2.24, 2.45) is 11.8 Å². The summed E-state index contributed by atoms with van der Waals surface area (Å²) in [5.74, 6) is 2.61. The van der Waals surface area contributed by atoms with Crippen molar-refractivity contribution in [3.8, 4) is 0 Å². The Hall–Kier alpha value is -0.980. The SMILES string of the molecule is ClCC(Cc1ccccc1Cl)C1CC1c1ccccc1. The van der Waals surface area contributed by atoms with Crippen molar-refractivity contribution in [2.75, 3.05) is 5.88 Å². The summed E-state index contributed by atoms with van der Waals surface area (Å²) in [6, 6.07) is 18.9. The normalized spacial score (nSPS) is 22.5. The van der Waals surface area contributed by atoms with Gasteiger partial charge in [0.15, 0.2) is 0 Å². The molecule has 0 nitrogen and oxygen atoms in total. The maximum absolute atomic E-state index is 6.26. The number of hydrogen-bond acceptors (Lipinski definition) is 0. The summed E-state index contributed by atoms with van der Waals surface area (Å²) < 4.78 is 0. The third kappa shape index (κ3) is 3.02. The van der Waals surface area contributed by atoms with E-state index in [-0.39, 0.29) is 0 Å². The molecule has 2 aromatic carbocycles. The van der Waals surface area contributed by atoms with Crippen molar-refractivity contribution in [3.63, 3.8) is 0 Å². The zero-order valence-corrected chi connectivity index (χ0v) is 12.8. The summed E-state index contributed by atoms with van der Waals surface area (Å²) in [6.45, 7) is 0. The second-order valence-corrected chi connectivity index (χ2v) is 6.34. The zero-order valence-electron chi connectivity index (χ0n) is 11.3. The highest BCUT2D eigenvalue weighted by atomic mass is 35.5. The van der Waals surface area contributed by atoms with Crippen LogP contribution >= 0.6 is 23.2 Å². The molecule has 1 saturated carbocycles. The van der Waals surface area contributed by atoms with Gasteiger partial charge in [-0.2, -0.15) is 0 Å². The summed E-state index contributed by atoms with van der Waals surface area (Å²) in [6.07, 6.45) is 2.24. The van der Waals surface area contributed by atoms with E-state index in [4.69, 9.17) is 23.2 Å². The van der Waals surface area contributed by atoms with E-state index in [0.717, 1.165) is 11.4 Å². The average Bonchev–Trinajstić information content (AvgIpc) is 3.28. The van der Waals surface area contributed by atoms with Gasteiger partial charge in [-0.05, 0) is 47.8 Å². The molecule has 0 radical (unpaired) electrons. The average molecular weight is 305 g/mol. The van der Waals surface area contributed by atoms with Gasteiger partial charge in [0.25, 0.3) is 0 Å². The van der Waals surface area contributed by atoms with Crippen LogP contribution in [0.3, 0.4) is 0 Å². The molecule has 104 valence electrons. The summed E-state index contributed by atoms with van der Waals surface area (Å²) >= 11 is 12.5. The Morgan fingerprint density at radius 2 is 1.70 bits per heavy atom. The lowest BCUT2D eigenvalue weighted by Crippen LogP contribution is -2.10. The molecule has 3 rings (SSSR count). The fourth-order valence-corrected chi connectivity index (χ4v) is 3.64. The maximum atomic E-state index is 6.26. The Kier molecular flexibility index (Phi) is 4.33. The first-order valence-electron chi connectivity index (χ1n) is 7.14. The zero-order chi connectivity index (χ0) is 13.9. The van der Waals surface area contributed by atoms with E-state index in [1.165, 1.54) is 17.5 Å².